The molecule has 0 aromatic heterocycles. The van der Waals surface area contributed by atoms with Crippen molar-refractivity contribution in [2.45, 2.75) is 26.3 Å². The predicted molar refractivity (Wildman–Crippen MR) is 61.2 cm³/mol. The van der Waals surface area contributed by atoms with E-state index in [1.165, 1.54) is 0 Å². The van der Waals surface area contributed by atoms with Crippen LogP contribution in [0.25, 0.3) is 0 Å². The average Bonchev–Trinajstić information content (AvgIpc) is 2.18. The van der Waals surface area contributed by atoms with E-state index in [0.29, 0.717) is 6.42 Å². The summed E-state index contributed by atoms with van der Waals surface area (Å²) in [6.07, 6.45) is 0.692. The Kier molecular flexibility index (Phi) is 4.00. The molecule has 0 bridgehead atoms. The summed E-state index contributed by atoms with van der Waals surface area (Å²) in [5.41, 5.74) is 8.11. The summed E-state index contributed by atoms with van der Waals surface area (Å²) in [5.74, 6) is 5.81. The third-order valence-corrected chi connectivity index (χ3v) is 2.53. The van der Waals surface area contributed by atoms with E-state index in [2.05, 4.69) is 11.8 Å². The summed E-state index contributed by atoms with van der Waals surface area (Å²) in [4.78, 5) is 0. The summed E-state index contributed by atoms with van der Waals surface area (Å²) >= 11 is 5.92. The second kappa shape index (κ2) is 5.05. The van der Waals surface area contributed by atoms with Crippen LogP contribution in [0, 0.1) is 18.8 Å². The second-order valence-electron chi connectivity index (χ2n) is 3.25. The maximum absolute atomic E-state index is 5.95. The van der Waals surface area contributed by atoms with Crippen LogP contribution in [-0.4, -0.2) is 0 Å². The van der Waals surface area contributed by atoms with Crippen LogP contribution in [-0.2, 0) is 0 Å². The molecule has 0 saturated carbocycles. The third kappa shape index (κ3) is 2.77. The number of rotatable bonds is 2. The molecule has 2 heteroatoms. The maximum atomic E-state index is 5.95. The Hall–Kier alpha value is -0.970. The molecule has 1 rings (SSSR count). The molecule has 1 unspecified atom stereocenters. The van der Waals surface area contributed by atoms with Crippen LogP contribution in [0.1, 0.15) is 30.5 Å². The average molecular weight is 208 g/mol. The molecule has 2 N–H and O–H groups in total. The monoisotopic (exact) mass is 207 g/mol. The fourth-order valence-corrected chi connectivity index (χ4v) is 1.35. The number of aryl methyl sites for hydroxylation is 1. The number of benzene rings is 1. The standard InChI is InChI=1S/C12H14ClN/c1-3-4-5-12(14)10-6-7-11(13)9(2)8-10/h6-8,12H,5,14H2,1-2H3. The minimum atomic E-state index is -0.0154. The Balaban J connectivity index is 2.83. The highest BCUT2D eigenvalue weighted by molar-refractivity contribution is 6.31. The van der Waals surface area contributed by atoms with Crippen LogP contribution in [0.4, 0.5) is 0 Å². The number of hydrogen-bond acceptors (Lipinski definition) is 1. The molecule has 0 heterocycles. The van der Waals surface area contributed by atoms with Crippen molar-refractivity contribution in [1.82, 2.24) is 0 Å². The van der Waals surface area contributed by atoms with Crippen molar-refractivity contribution in [3.05, 3.63) is 34.3 Å². The Bertz CT molecular complexity index is 374. The van der Waals surface area contributed by atoms with Crippen LogP contribution >= 0.6 is 11.6 Å². The van der Waals surface area contributed by atoms with Crippen molar-refractivity contribution >= 4 is 11.6 Å². The highest BCUT2D eigenvalue weighted by atomic mass is 35.5. The summed E-state index contributed by atoms with van der Waals surface area (Å²) in [7, 11) is 0. The van der Waals surface area contributed by atoms with Crippen LogP contribution in [0.5, 0.6) is 0 Å². The Morgan fingerprint density at radius 3 is 2.79 bits per heavy atom. The Morgan fingerprint density at radius 1 is 1.50 bits per heavy atom. The number of hydrogen-bond donors (Lipinski definition) is 1. The first-order chi connectivity index (χ1) is 6.65. The van der Waals surface area contributed by atoms with Gasteiger partial charge in [-0.3, -0.25) is 0 Å². The Labute approximate surface area is 90.3 Å². The molecule has 0 saturated heterocycles. The van der Waals surface area contributed by atoms with Gasteiger partial charge in [0.25, 0.3) is 0 Å². The first-order valence-electron chi connectivity index (χ1n) is 4.56. The third-order valence-electron chi connectivity index (χ3n) is 2.11. The van der Waals surface area contributed by atoms with Gasteiger partial charge in [-0.2, -0.15) is 0 Å². The molecule has 1 nitrogen and oxygen atoms in total. The van der Waals surface area contributed by atoms with Gasteiger partial charge in [0.2, 0.25) is 0 Å². The summed E-state index contributed by atoms with van der Waals surface area (Å²) in [6.45, 7) is 3.80. The lowest BCUT2D eigenvalue weighted by Gasteiger charge is -2.09. The second-order valence-corrected chi connectivity index (χ2v) is 3.65. The van der Waals surface area contributed by atoms with Crippen LogP contribution in [0.3, 0.4) is 0 Å². The van der Waals surface area contributed by atoms with Crippen LogP contribution in [0.15, 0.2) is 18.2 Å². The molecule has 74 valence electrons. The van der Waals surface area contributed by atoms with E-state index >= 15 is 0 Å². The molecule has 0 radical (unpaired) electrons. The van der Waals surface area contributed by atoms with E-state index in [1.54, 1.807) is 0 Å². The predicted octanol–water partition coefficient (Wildman–Crippen LogP) is 3.06. The largest absolute Gasteiger partial charge is 0.323 e. The van der Waals surface area contributed by atoms with E-state index in [1.807, 2.05) is 32.0 Å². The van der Waals surface area contributed by atoms with E-state index in [4.69, 9.17) is 17.3 Å². The molecule has 0 spiro atoms. The summed E-state index contributed by atoms with van der Waals surface area (Å²) in [5, 5.41) is 0.780. The van der Waals surface area contributed by atoms with Gasteiger partial charge in [0.15, 0.2) is 0 Å². The van der Waals surface area contributed by atoms with E-state index in [0.717, 1.165) is 16.1 Å². The zero-order valence-electron chi connectivity index (χ0n) is 8.47. The van der Waals surface area contributed by atoms with Gasteiger partial charge in [-0.25, -0.2) is 0 Å². The van der Waals surface area contributed by atoms with Crippen molar-refractivity contribution in [3.63, 3.8) is 0 Å². The normalized spacial score (nSPS) is 11.7. The minimum absolute atomic E-state index is 0.0154. The molecule has 0 aliphatic rings. The highest BCUT2D eigenvalue weighted by Crippen LogP contribution is 2.20. The Morgan fingerprint density at radius 2 is 2.21 bits per heavy atom. The lowest BCUT2D eigenvalue weighted by molar-refractivity contribution is 0.753. The highest BCUT2D eigenvalue weighted by Gasteiger charge is 2.05. The van der Waals surface area contributed by atoms with Crippen molar-refractivity contribution < 1.29 is 0 Å². The molecule has 14 heavy (non-hydrogen) atoms. The van der Waals surface area contributed by atoms with Crippen molar-refractivity contribution in [2.75, 3.05) is 0 Å². The molecule has 0 amide bonds. The molecule has 1 aromatic rings. The SMILES string of the molecule is CC#CCC(N)c1ccc(Cl)c(C)c1. The summed E-state index contributed by atoms with van der Waals surface area (Å²) in [6, 6.07) is 5.84. The lowest BCUT2D eigenvalue weighted by Crippen LogP contribution is -2.09. The summed E-state index contributed by atoms with van der Waals surface area (Å²) < 4.78 is 0. The van der Waals surface area contributed by atoms with Crippen molar-refractivity contribution in [3.8, 4) is 11.8 Å². The zero-order valence-corrected chi connectivity index (χ0v) is 9.23. The van der Waals surface area contributed by atoms with E-state index < -0.39 is 0 Å². The van der Waals surface area contributed by atoms with Crippen LogP contribution in [0.2, 0.25) is 5.02 Å². The molecule has 0 fully saturated rings. The van der Waals surface area contributed by atoms with Crippen molar-refractivity contribution in [1.29, 1.82) is 0 Å². The molecular weight excluding hydrogens is 194 g/mol. The first kappa shape index (κ1) is 11.1. The van der Waals surface area contributed by atoms with Gasteiger partial charge in [0.1, 0.15) is 0 Å². The minimum Gasteiger partial charge on any atom is -0.323 e. The van der Waals surface area contributed by atoms with Crippen LogP contribution < -0.4 is 5.73 Å². The van der Waals surface area contributed by atoms with Gasteiger partial charge in [0, 0.05) is 17.5 Å². The topological polar surface area (TPSA) is 26.0 Å². The van der Waals surface area contributed by atoms with E-state index in [9.17, 15) is 0 Å². The fraction of sp³-hybridized carbons (Fsp3) is 0.333. The van der Waals surface area contributed by atoms with Crippen molar-refractivity contribution in [2.24, 2.45) is 5.73 Å². The lowest BCUT2D eigenvalue weighted by atomic mass is 10.0. The van der Waals surface area contributed by atoms with Gasteiger partial charge in [-0.1, -0.05) is 23.7 Å². The molecule has 1 atom stereocenters. The smallest absolute Gasteiger partial charge is 0.0435 e. The fourth-order valence-electron chi connectivity index (χ4n) is 1.23. The molecule has 0 aliphatic heterocycles. The van der Waals surface area contributed by atoms with Gasteiger partial charge < -0.3 is 5.73 Å². The molecule has 0 aliphatic carbocycles. The first-order valence-corrected chi connectivity index (χ1v) is 4.94. The van der Waals surface area contributed by atoms with Gasteiger partial charge in [-0.05, 0) is 31.0 Å². The molecular formula is C12H14ClN. The van der Waals surface area contributed by atoms with Gasteiger partial charge >= 0.3 is 0 Å². The van der Waals surface area contributed by atoms with E-state index in [-0.39, 0.29) is 6.04 Å². The quantitative estimate of drug-likeness (QED) is 0.742. The number of halogens is 1. The number of nitrogens with two attached hydrogens (primary N) is 1. The van der Waals surface area contributed by atoms with Gasteiger partial charge in [0.05, 0.1) is 0 Å². The zero-order chi connectivity index (χ0) is 10.6. The maximum Gasteiger partial charge on any atom is 0.0435 e. The molecule has 1 aromatic carbocycles. The van der Waals surface area contributed by atoms with Gasteiger partial charge in [-0.15, -0.1) is 11.8 Å².